The van der Waals surface area contributed by atoms with Crippen molar-refractivity contribution in [3.63, 3.8) is 0 Å². The van der Waals surface area contributed by atoms with E-state index in [-0.39, 0.29) is 18.4 Å². The number of nitrogens with two attached hydrogens (primary N) is 1. The normalized spacial score (nSPS) is 11.9. The average Bonchev–Trinajstić information content (AvgIpc) is 2.74. The quantitative estimate of drug-likeness (QED) is 0.865. The van der Waals surface area contributed by atoms with Gasteiger partial charge in [0.05, 0.1) is 6.04 Å². The third kappa shape index (κ3) is 2.64. The predicted octanol–water partition coefficient (Wildman–Crippen LogP) is 3.83. The van der Waals surface area contributed by atoms with Crippen LogP contribution in [0.15, 0.2) is 35.0 Å². The molecule has 1 aromatic heterocycles. The summed E-state index contributed by atoms with van der Waals surface area (Å²) in [6.07, 6.45) is 0. The van der Waals surface area contributed by atoms with Crippen LogP contribution in [0.3, 0.4) is 0 Å². The van der Waals surface area contributed by atoms with E-state index in [1.54, 1.807) is 11.3 Å². The van der Waals surface area contributed by atoms with Crippen LogP contribution in [0.1, 0.15) is 28.3 Å². The SMILES string of the molecule is Cc1ccc([C@H](N)c2ccsc2)cc1C.Cl. The van der Waals surface area contributed by atoms with Gasteiger partial charge in [0.1, 0.15) is 0 Å². The lowest BCUT2D eigenvalue weighted by atomic mass is 9.98. The van der Waals surface area contributed by atoms with Crippen molar-refractivity contribution in [1.82, 2.24) is 0 Å². The van der Waals surface area contributed by atoms with Gasteiger partial charge in [-0.15, -0.1) is 12.4 Å². The van der Waals surface area contributed by atoms with Gasteiger partial charge in [-0.05, 0) is 52.9 Å². The highest BCUT2D eigenvalue weighted by Gasteiger charge is 2.09. The maximum absolute atomic E-state index is 6.19. The summed E-state index contributed by atoms with van der Waals surface area (Å²) in [7, 11) is 0. The Bertz CT molecular complexity index is 451. The molecule has 2 aromatic rings. The molecule has 0 aliphatic rings. The maximum Gasteiger partial charge on any atom is 0.0559 e. The highest BCUT2D eigenvalue weighted by atomic mass is 35.5. The second-order valence-corrected chi connectivity index (χ2v) is 4.66. The van der Waals surface area contributed by atoms with Gasteiger partial charge in [-0.1, -0.05) is 18.2 Å². The number of hydrogen-bond donors (Lipinski definition) is 1. The van der Waals surface area contributed by atoms with Gasteiger partial charge in [-0.25, -0.2) is 0 Å². The van der Waals surface area contributed by atoms with E-state index in [9.17, 15) is 0 Å². The van der Waals surface area contributed by atoms with Crippen molar-refractivity contribution >= 4 is 23.7 Å². The first-order valence-electron chi connectivity index (χ1n) is 5.03. The molecule has 0 aliphatic heterocycles. The van der Waals surface area contributed by atoms with Gasteiger partial charge in [-0.3, -0.25) is 0 Å². The van der Waals surface area contributed by atoms with Crippen molar-refractivity contribution in [2.24, 2.45) is 5.73 Å². The average molecular weight is 254 g/mol. The smallest absolute Gasteiger partial charge is 0.0559 e. The Morgan fingerprint density at radius 1 is 1.06 bits per heavy atom. The Morgan fingerprint density at radius 3 is 2.38 bits per heavy atom. The third-order valence-electron chi connectivity index (χ3n) is 2.79. The maximum atomic E-state index is 6.19. The summed E-state index contributed by atoms with van der Waals surface area (Å²) in [5.41, 5.74) is 11.2. The number of rotatable bonds is 2. The summed E-state index contributed by atoms with van der Waals surface area (Å²) in [6.45, 7) is 4.24. The molecule has 0 radical (unpaired) electrons. The van der Waals surface area contributed by atoms with Crippen LogP contribution < -0.4 is 5.73 Å². The van der Waals surface area contributed by atoms with Crippen LogP contribution in [0.2, 0.25) is 0 Å². The highest BCUT2D eigenvalue weighted by molar-refractivity contribution is 7.08. The van der Waals surface area contributed by atoms with E-state index in [2.05, 4.69) is 48.9 Å². The minimum atomic E-state index is 0. The zero-order chi connectivity index (χ0) is 10.8. The number of aryl methyl sites for hydroxylation is 2. The van der Waals surface area contributed by atoms with Crippen molar-refractivity contribution in [2.45, 2.75) is 19.9 Å². The zero-order valence-electron chi connectivity index (χ0n) is 9.44. The fourth-order valence-electron chi connectivity index (χ4n) is 1.60. The van der Waals surface area contributed by atoms with Gasteiger partial charge in [0.2, 0.25) is 0 Å². The van der Waals surface area contributed by atoms with Crippen LogP contribution in [0.25, 0.3) is 0 Å². The fraction of sp³-hybridized carbons (Fsp3) is 0.231. The molecule has 86 valence electrons. The number of benzene rings is 1. The summed E-state index contributed by atoms with van der Waals surface area (Å²) in [6, 6.07) is 8.53. The zero-order valence-corrected chi connectivity index (χ0v) is 11.1. The lowest BCUT2D eigenvalue weighted by Crippen LogP contribution is -2.11. The van der Waals surface area contributed by atoms with Crippen LogP contribution in [0, 0.1) is 13.8 Å². The summed E-state index contributed by atoms with van der Waals surface area (Å²) in [5, 5.41) is 4.18. The van der Waals surface area contributed by atoms with Crippen molar-refractivity contribution in [3.8, 4) is 0 Å². The predicted molar refractivity (Wildman–Crippen MR) is 73.5 cm³/mol. The topological polar surface area (TPSA) is 26.0 Å². The van der Waals surface area contributed by atoms with Crippen LogP contribution >= 0.6 is 23.7 Å². The molecular weight excluding hydrogens is 238 g/mol. The molecule has 0 amide bonds. The van der Waals surface area contributed by atoms with Gasteiger partial charge in [0.25, 0.3) is 0 Å². The van der Waals surface area contributed by atoms with E-state index in [1.807, 2.05) is 0 Å². The molecular formula is C13H16ClNS. The van der Waals surface area contributed by atoms with Crippen molar-refractivity contribution in [1.29, 1.82) is 0 Å². The van der Waals surface area contributed by atoms with Gasteiger partial charge >= 0.3 is 0 Å². The first-order valence-corrected chi connectivity index (χ1v) is 5.97. The summed E-state index contributed by atoms with van der Waals surface area (Å²) in [4.78, 5) is 0. The summed E-state index contributed by atoms with van der Waals surface area (Å²) >= 11 is 1.69. The second kappa shape index (κ2) is 5.48. The van der Waals surface area contributed by atoms with E-state index in [0.717, 1.165) is 0 Å². The van der Waals surface area contributed by atoms with Gasteiger partial charge < -0.3 is 5.73 Å². The number of halogens is 1. The fourth-order valence-corrected chi connectivity index (χ4v) is 2.30. The molecule has 0 fully saturated rings. The van der Waals surface area contributed by atoms with E-state index in [1.165, 1.54) is 22.3 Å². The van der Waals surface area contributed by atoms with Crippen molar-refractivity contribution in [3.05, 3.63) is 57.3 Å². The Kier molecular flexibility index (Phi) is 4.54. The standard InChI is InChI=1S/C13H15NS.ClH/c1-9-3-4-11(7-10(9)2)13(14)12-5-6-15-8-12;/h3-8,13H,14H2,1-2H3;1H/t13-;/m0./s1. The number of hydrogen-bond acceptors (Lipinski definition) is 2. The van der Waals surface area contributed by atoms with E-state index in [0.29, 0.717) is 0 Å². The van der Waals surface area contributed by atoms with Crippen LogP contribution in [0.4, 0.5) is 0 Å². The molecule has 2 N–H and O–H groups in total. The molecule has 0 saturated carbocycles. The van der Waals surface area contributed by atoms with E-state index < -0.39 is 0 Å². The van der Waals surface area contributed by atoms with E-state index >= 15 is 0 Å². The van der Waals surface area contributed by atoms with Crippen molar-refractivity contribution in [2.75, 3.05) is 0 Å². The molecule has 16 heavy (non-hydrogen) atoms. The highest BCUT2D eigenvalue weighted by Crippen LogP contribution is 2.23. The molecule has 0 saturated heterocycles. The molecule has 1 heterocycles. The van der Waals surface area contributed by atoms with Gasteiger partial charge in [0, 0.05) is 0 Å². The Hall–Kier alpha value is -0.830. The van der Waals surface area contributed by atoms with Gasteiger partial charge in [0.15, 0.2) is 0 Å². The van der Waals surface area contributed by atoms with Crippen LogP contribution in [-0.2, 0) is 0 Å². The second-order valence-electron chi connectivity index (χ2n) is 3.88. The van der Waals surface area contributed by atoms with Gasteiger partial charge in [-0.2, -0.15) is 11.3 Å². The van der Waals surface area contributed by atoms with Crippen LogP contribution in [0.5, 0.6) is 0 Å². The Morgan fingerprint density at radius 2 is 1.81 bits per heavy atom. The molecule has 0 bridgehead atoms. The Labute approximate surface area is 107 Å². The molecule has 0 aliphatic carbocycles. The molecule has 1 atom stereocenters. The summed E-state index contributed by atoms with van der Waals surface area (Å²) < 4.78 is 0. The third-order valence-corrected chi connectivity index (χ3v) is 3.49. The molecule has 1 nitrogen and oxygen atoms in total. The first-order chi connectivity index (χ1) is 7.18. The largest absolute Gasteiger partial charge is 0.320 e. The minimum absolute atomic E-state index is 0. The first kappa shape index (κ1) is 13.2. The molecule has 1 aromatic carbocycles. The number of thiophene rings is 1. The molecule has 2 rings (SSSR count). The molecule has 0 spiro atoms. The molecule has 3 heteroatoms. The Balaban J connectivity index is 0.00000128. The van der Waals surface area contributed by atoms with E-state index in [4.69, 9.17) is 5.73 Å². The van der Waals surface area contributed by atoms with Crippen LogP contribution in [-0.4, -0.2) is 0 Å². The monoisotopic (exact) mass is 253 g/mol. The lowest BCUT2D eigenvalue weighted by molar-refractivity contribution is 0.874. The molecule has 0 unspecified atom stereocenters. The summed E-state index contributed by atoms with van der Waals surface area (Å²) in [5.74, 6) is 0. The lowest BCUT2D eigenvalue weighted by Gasteiger charge is -2.12. The minimum Gasteiger partial charge on any atom is -0.320 e. The van der Waals surface area contributed by atoms with Crippen molar-refractivity contribution < 1.29 is 0 Å².